The van der Waals surface area contributed by atoms with Gasteiger partial charge < -0.3 is 19.5 Å². The van der Waals surface area contributed by atoms with Gasteiger partial charge in [0, 0.05) is 30.6 Å². The molecule has 174 valence electrons. The predicted octanol–water partition coefficient (Wildman–Crippen LogP) is 2.39. The number of carbonyl (C=O) groups excluding carboxylic acids is 3. The highest BCUT2D eigenvalue weighted by atomic mass is 16.5. The molecule has 3 aromatic rings. The number of aromatic nitrogens is 1. The lowest BCUT2D eigenvalue weighted by Gasteiger charge is -2.29. The maximum Gasteiger partial charge on any atom is 0.265 e. The van der Waals surface area contributed by atoms with Crippen LogP contribution in [-0.2, 0) is 16.1 Å². The van der Waals surface area contributed by atoms with Crippen LogP contribution < -0.4 is 24.4 Å². The summed E-state index contributed by atoms with van der Waals surface area (Å²) in [7, 11) is 1.55. The minimum absolute atomic E-state index is 0.185. The Kier molecular flexibility index (Phi) is 7.02. The molecule has 0 saturated heterocycles. The van der Waals surface area contributed by atoms with Crippen LogP contribution in [0.4, 0.5) is 5.69 Å². The van der Waals surface area contributed by atoms with Gasteiger partial charge in [0.1, 0.15) is 23.8 Å². The third-order valence-electron chi connectivity index (χ3n) is 5.15. The van der Waals surface area contributed by atoms with Crippen molar-refractivity contribution in [3.63, 3.8) is 0 Å². The Morgan fingerprint density at radius 3 is 2.76 bits per heavy atom. The molecular weight excluding hydrogens is 438 g/mol. The zero-order valence-corrected chi connectivity index (χ0v) is 18.5. The average Bonchev–Trinajstić information content (AvgIpc) is 2.88. The van der Waals surface area contributed by atoms with Gasteiger partial charge in [0.05, 0.1) is 12.8 Å². The van der Waals surface area contributed by atoms with E-state index in [0.29, 0.717) is 28.5 Å². The number of pyridine rings is 1. The molecule has 0 radical (unpaired) electrons. The van der Waals surface area contributed by atoms with Gasteiger partial charge in [-0.25, -0.2) is 0 Å². The smallest absolute Gasteiger partial charge is 0.265 e. The second kappa shape index (κ2) is 10.5. The number of methoxy groups -OCH3 is 1. The summed E-state index contributed by atoms with van der Waals surface area (Å²) < 4.78 is 16.2. The lowest BCUT2D eigenvalue weighted by atomic mass is 10.1. The van der Waals surface area contributed by atoms with Gasteiger partial charge in [-0.05, 0) is 42.0 Å². The fourth-order valence-corrected chi connectivity index (χ4v) is 3.37. The van der Waals surface area contributed by atoms with Gasteiger partial charge in [0.25, 0.3) is 5.91 Å². The van der Waals surface area contributed by atoms with Crippen LogP contribution in [0.1, 0.15) is 15.9 Å². The highest BCUT2D eigenvalue weighted by Crippen LogP contribution is 2.33. The number of carbonyl (C=O) groups is 3. The number of hydrogen-bond donors (Lipinski definition) is 1. The number of fused-ring (bicyclic) bond motifs is 1. The van der Waals surface area contributed by atoms with Gasteiger partial charge in [-0.3, -0.25) is 24.3 Å². The standard InChI is InChI=1S/C25H23N3O6/c1-32-19-5-2-6-20(11-19)33-15-22(29)18-7-8-23-21(10-18)28(25(31)16-34-23)14-24(30)27-13-17-4-3-9-26-12-17/h2-12H,13-16H2,1H3,(H,27,30). The zero-order valence-electron chi connectivity index (χ0n) is 18.5. The summed E-state index contributed by atoms with van der Waals surface area (Å²) in [5.41, 5.74) is 1.54. The molecule has 0 aliphatic carbocycles. The first-order valence-electron chi connectivity index (χ1n) is 10.6. The lowest BCUT2D eigenvalue weighted by molar-refractivity contribution is -0.125. The number of rotatable bonds is 9. The number of amides is 2. The molecule has 0 atom stereocenters. The fraction of sp³-hybridized carbons (Fsp3) is 0.200. The number of Topliss-reactive ketones (excluding diaryl/α,β-unsaturated/α-hetero) is 1. The highest BCUT2D eigenvalue weighted by molar-refractivity contribution is 6.04. The lowest BCUT2D eigenvalue weighted by Crippen LogP contribution is -2.45. The van der Waals surface area contributed by atoms with Crippen molar-refractivity contribution in [2.24, 2.45) is 0 Å². The largest absolute Gasteiger partial charge is 0.497 e. The Hall–Kier alpha value is -4.40. The molecular formula is C25H23N3O6. The van der Waals surface area contributed by atoms with Crippen molar-refractivity contribution in [2.45, 2.75) is 6.54 Å². The molecule has 1 aromatic heterocycles. The Bertz CT molecular complexity index is 1200. The number of hydrogen-bond acceptors (Lipinski definition) is 7. The Morgan fingerprint density at radius 1 is 1.12 bits per heavy atom. The number of ether oxygens (including phenoxy) is 3. The van der Waals surface area contributed by atoms with E-state index in [1.807, 2.05) is 6.07 Å². The first-order valence-corrected chi connectivity index (χ1v) is 10.6. The normalized spacial score (nSPS) is 12.4. The maximum absolute atomic E-state index is 12.7. The SMILES string of the molecule is COc1cccc(OCC(=O)c2ccc3c(c2)N(CC(=O)NCc2cccnc2)C(=O)CO3)c1. The van der Waals surface area contributed by atoms with E-state index in [9.17, 15) is 14.4 Å². The molecule has 2 amide bonds. The van der Waals surface area contributed by atoms with E-state index >= 15 is 0 Å². The molecule has 1 aliphatic rings. The minimum atomic E-state index is -0.374. The van der Waals surface area contributed by atoms with Crippen LogP contribution in [0, 0.1) is 0 Å². The van der Waals surface area contributed by atoms with Crippen LogP contribution in [0.15, 0.2) is 67.0 Å². The second-order valence-electron chi connectivity index (χ2n) is 7.48. The second-order valence-corrected chi connectivity index (χ2v) is 7.48. The Labute approximate surface area is 196 Å². The monoisotopic (exact) mass is 461 g/mol. The van der Waals surface area contributed by atoms with Crippen molar-refractivity contribution < 1.29 is 28.6 Å². The quantitative estimate of drug-likeness (QED) is 0.488. The molecule has 0 saturated carbocycles. The summed E-state index contributed by atoms with van der Waals surface area (Å²) in [4.78, 5) is 43.1. The molecule has 9 heteroatoms. The van der Waals surface area contributed by atoms with Crippen LogP contribution in [0.2, 0.25) is 0 Å². The molecule has 1 N–H and O–H groups in total. The number of anilines is 1. The van der Waals surface area contributed by atoms with E-state index in [-0.39, 0.29) is 43.9 Å². The van der Waals surface area contributed by atoms with E-state index in [0.717, 1.165) is 5.56 Å². The van der Waals surface area contributed by atoms with Crippen molar-refractivity contribution in [3.05, 3.63) is 78.1 Å². The predicted molar refractivity (Wildman–Crippen MR) is 123 cm³/mol. The van der Waals surface area contributed by atoms with E-state index in [2.05, 4.69) is 10.3 Å². The molecule has 0 fully saturated rings. The molecule has 1 aliphatic heterocycles. The summed E-state index contributed by atoms with van der Waals surface area (Å²) in [5, 5.41) is 2.77. The first kappa shape index (κ1) is 22.8. The van der Waals surface area contributed by atoms with E-state index in [1.54, 1.807) is 62.0 Å². The van der Waals surface area contributed by atoms with Gasteiger partial charge >= 0.3 is 0 Å². The maximum atomic E-state index is 12.7. The molecule has 0 spiro atoms. The van der Waals surface area contributed by atoms with E-state index in [4.69, 9.17) is 14.2 Å². The molecule has 2 heterocycles. The topological polar surface area (TPSA) is 107 Å². The number of nitrogens with zero attached hydrogens (tertiary/aromatic N) is 2. The molecule has 9 nitrogen and oxygen atoms in total. The van der Waals surface area contributed by atoms with Crippen LogP contribution in [0.25, 0.3) is 0 Å². The van der Waals surface area contributed by atoms with Crippen LogP contribution in [0.3, 0.4) is 0 Å². The third kappa shape index (κ3) is 5.50. The summed E-state index contributed by atoms with van der Waals surface area (Å²) >= 11 is 0. The van der Waals surface area contributed by atoms with Crippen LogP contribution >= 0.6 is 0 Å². The minimum Gasteiger partial charge on any atom is -0.497 e. The van der Waals surface area contributed by atoms with Gasteiger partial charge in [-0.1, -0.05) is 12.1 Å². The third-order valence-corrected chi connectivity index (χ3v) is 5.15. The van der Waals surface area contributed by atoms with Gasteiger partial charge in [0.15, 0.2) is 19.0 Å². The van der Waals surface area contributed by atoms with Crippen molar-refractivity contribution in [1.82, 2.24) is 10.3 Å². The number of benzene rings is 2. The summed E-state index contributed by atoms with van der Waals surface area (Å²) in [6.07, 6.45) is 3.30. The molecule has 34 heavy (non-hydrogen) atoms. The highest BCUT2D eigenvalue weighted by Gasteiger charge is 2.28. The fourth-order valence-electron chi connectivity index (χ4n) is 3.37. The van der Waals surface area contributed by atoms with Crippen LogP contribution in [0.5, 0.6) is 17.2 Å². The summed E-state index contributed by atoms with van der Waals surface area (Å²) in [6, 6.07) is 15.3. The van der Waals surface area contributed by atoms with Gasteiger partial charge in [0.2, 0.25) is 5.91 Å². The van der Waals surface area contributed by atoms with Crippen molar-refractivity contribution in [1.29, 1.82) is 0 Å². The summed E-state index contributed by atoms with van der Waals surface area (Å²) in [5.74, 6) is 0.530. The molecule has 4 rings (SSSR count). The molecule has 2 aromatic carbocycles. The van der Waals surface area contributed by atoms with Crippen LogP contribution in [-0.4, -0.2) is 49.4 Å². The molecule has 0 unspecified atom stereocenters. The van der Waals surface area contributed by atoms with E-state index < -0.39 is 0 Å². The summed E-state index contributed by atoms with van der Waals surface area (Å²) in [6.45, 7) is -0.299. The van der Waals surface area contributed by atoms with Crippen molar-refractivity contribution in [3.8, 4) is 17.2 Å². The number of nitrogens with one attached hydrogen (secondary N) is 1. The van der Waals surface area contributed by atoms with Gasteiger partial charge in [-0.2, -0.15) is 0 Å². The zero-order chi connectivity index (χ0) is 23.9. The average molecular weight is 461 g/mol. The molecule has 0 bridgehead atoms. The Balaban J connectivity index is 1.43. The van der Waals surface area contributed by atoms with Crippen molar-refractivity contribution >= 4 is 23.3 Å². The van der Waals surface area contributed by atoms with Gasteiger partial charge in [-0.15, -0.1) is 0 Å². The Morgan fingerprint density at radius 2 is 1.97 bits per heavy atom. The number of ketones is 1. The van der Waals surface area contributed by atoms with E-state index in [1.165, 1.54) is 11.0 Å². The van der Waals surface area contributed by atoms with Crippen molar-refractivity contribution in [2.75, 3.05) is 31.8 Å². The first-order chi connectivity index (χ1) is 16.5.